The molecule has 0 aliphatic heterocycles. The van der Waals surface area contributed by atoms with Gasteiger partial charge in [0.1, 0.15) is 7.05 Å². The van der Waals surface area contributed by atoms with Gasteiger partial charge in [0.05, 0.1) is 4.88 Å². The summed E-state index contributed by atoms with van der Waals surface area (Å²) < 4.78 is 2.81. The van der Waals surface area contributed by atoms with Gasteiger partial charge in [-0.3, -0.25) is 0 Å². The van der Waals surface area contributed by atoms with Crippen LogP contribution in [0.5, 0.6) is 5.88 Å². The molecule has 0 bridgehead atoms. The summed E-state index contributed by atoms with van der Waals surface area (Å²) in [5.41, 5.74) is 1.01. The monoisotopic (exact) mass is 251 g/mol. The lowest BCUT2D eigenvalue weighted by Gasteiger charge is -2.01. The summed E-state index contributed by atoms with van der Waals surface area (Å²) in [5.74, 6) is 1.09. The first-order valence-electron chi connectivity index (χ1n) is 5.12. The van der Waals surface area contributed by atoms with Gasteiger partial charge in [-0.25, -0.2) is 0 Å². The van der Waals surface area contributed by atoms with Gasteiger partial charge >= 0.3 is 0 Å². The third-order valence-electron chi connectivity index (χ3n) is 2.27. The van der Waals surface area contributed by atoms with Gasteiger partial charge in [-0.1, -0.05) is 48.6 Å². The van der Waals surface area contributed by atoms with Gasteiger partial charge in [-0.15, -0.1) is 0 Å². The normalized spacial score (nSPS) is 10.6. The van der Waals surface area contributed by atoms with Crippen LogP contribution < -0.4 is 9.67 Å². The maximum Gasteiger partial charge on any atom is 0.297 e. The van der Waals surface area contributed by atoms with E-state index < -0.39 is 0 Å². The maximum absolute atomic E-state index is 12.0. The minimum Gasteiger partial charge on any atom is -0.822 e. The van der Waals surface area contributed by atoms with Crippen LogP contribution in [0.25, 0.3) is 10.4 Å². The smallest absolute Gasteiger partial charge is 0.297 e. The van der Waals surface area contributed by atoms with Crippen molar-refractivity contribution >= 4 is 23.1 Å². The van der Waals surface area contributed by atoms with Crippen LogP contribution in [0.1, 0.15) is 6.92 Å². The van der Waals surface area contributed by atoms with Crippen molar-refractivity contribution in [3.63, 3.8) is 0 Å². The van der Waals surface area contributed by atoms with Gasteiger partial charge in [0, 0.05) is 5.75 Å². The van der Waals surface area contributed by atoms with Crippen LogP contribution in [0.3, 0.4) is 0 Å². The molecule has 84 valence electrons. The minimum atomic E-state index is 0.104. The molecule has 0 radical (unpaired) electrons. The van der Waals surface area contributed by atoms with Crippen molar-refractivity contribution in [1.82, 2.24) is 0 Å². The molecule has 0 amide bonds. The molecule has 1 aromatic carbocycles. The fourth-order valence-electron chi connectivity index (χ4n) is 1.46. The Labute approximate surface area is 104 Å². The van der Waals surface area contributed by atoms with E-state index in [4.69, 9.17) is 0 Å². The van der Waals surface area contributed by atoms with Crippen LogP contribution in [0.2, 0.25) is 0 Å². The number of thioether (sulfide) groups is 1. The largest absolute Gasteiger partial charge is 0.822 e. The van der Waals surface area contributed by atoms with Gasteiger partial charge in [0.15, 0.2) is 5.88 Å². The second-order valence-corrected chi connectivity index (χ2v) is 5.87. The number of benzene rings is 1. The SMILES string of the molecule is CCSc1sc(-c2ccccc2)c([O-])[n+]1C. The van der Waals surface area contributed by atoms with E-state index in [0.717, 1.165) is 20.5 Å². The van der Waals surface area contributed by atoms with E-state index in [9.17, 15) is 5.11 Å². The molecule has 2 aromatic rings. The quantitative estimate of drug-likeness (QED) is 0.619. The third kappa shape index (κ3) is 2.08. The highest BCUT2D eigenvalue weighted by molar-refractivity contribution is 8.00. The van der Waals surface area contributed by atoms with Crippen LogP contribution in [0, 0.1) is 0 Å². The molecule has 4 heteroatoms. The standard InChI is InChI=1S/C12H13NOS2/c1-3-15-12-13(2)11(14)10(16-12)9-7-5-4-6-8-9/h4-8H,3H2,1-2H3. The first-order valence-corrected chi connectivity index (χ1v) is 6.92. The van der Waals surface area contributed by atoms with Crippen molar-refractivity contribution in [2.24, 2.45) is 7.05 Å². The summed E-state index contributed by atoms with van der Waals surface area (Å²) in [6.45, 7) is 2.09. The number of aromatic nitrogens is 1. The Hall–Kier alpha value is -1.00. The lowest BCUT2D eigenvalue weighted by molar-refractivity contribution is -0.739. The zero-order valence-corrected chi connectivity index (χ0v) is 10.9. The van der Waals surface area contributed by atoms with E-state index in [2.05, 4.69) is 6.92 Å². The number of hydrogen-bond acceptors (Lipinski definition) is 3. The summed E-state index contributed by atoms with van der Waals surface area (Å²) in [6, 6.07) is 9.84. The zero-order valence-electron chi connectivity index (χ0n) is 9.27. The average Bonchev–Trinajstić information content (AvgIpc) is 2.59. The van der Waals surface area contributed by atoms with E-state index in [-0.39, 0.29) is 5.88 Å². The molecular formula is C12H13NOS2. The van der Waals surface area contributed by atoms with Crippen molar-refractivity contribution < 1.29 is 9.67 Å². The summed E-state index contributed by atoms with van der Waals surface area (Å²) in [6.07, 6.45) is 0. The number of thiazole rings is 1. The lowest BCUT2D eigenvalue weighted by Crippen LogP contribution is -2.31. The molecule has 0 atom stereocenters. The van der Waals surface area contributed by atoms with Crippen LogP contribution in [-0.2, 0) is 7.05 Å². The Morgan fingerprint density at radius 3 is 2.62 bits per heavy atom. The molecule has 0 spiro atoms. The van der Waals surface area contributed by atoms with Crippen LogP contribution in [-0.4, -0.2) is 5.75 Å². The predicted octanol–water partition coefficient (Wildman–Crippen LogP) is 2.43. The average molecular weight is 251 g/mol. The van der Waals surface area contributed by atoms with E-state index in [1.54, 1.807) is 27.7 Å². The molecule has 0 unspecified atom stereocenters. The van der Waals surface area contributed by atoms with Gasteiger partial charge in [0.25, 0.3) is 4.34 Å². The number of hydrogen-bond donors (Lipinski definition) is 0. The molecule has 0 N–H and O–H groups in total. The van der Waals surface area contributed by atoms with E-state index in [1.165, 1.54) is 0 Å². The van der Waals surface area contributed by atoms with Crippen LogP contribution in [0.4, 0.5) is 0 Å². The summed E-state index contributed by atoms with van der Waals surface area (Å²) in [7, 11) is 1.84. The Morgan fingerprint density at radius 1 is 1.31 bits per heavy atom. The highest BCUT2D eigenvalue weighted by atomic mass is 32.2. The molecule has 0 saturated carbocycles. The minimum absolute atomic E-state index is 0.104. The molecule has 16 heavy (non-hydrogen) atoms. The van der Waals surface area contributed by atoms with E-state index in [1.807, 2.05) is 37.4 Å². The highest BCUT2D eigenvalue weighted by Gasteiger charge is 2.17. The topological polar surface area (TPSA) is 26.9 Å². The molecule has 2 rings (SSSR count). The van der Waals surface area contributed by atoms with Crippen molar-refractivity contribution in [2.45, 2.75) is 11.3 Å². The lowest BCUT2D eigenvalue weighted by atomic mass is 10.2. The Kier molecular flexibility index (Phi) is 3.51. The highest BCUT2D eigenvalue weighted by Crippen LogP contribution is 2.35. The second kappa shape index (κ2) is 4.89. The Morgan fingerprint density at radius 2 is 2.00 bits per heavy atom. The van der Waals surface area contributed by atoms with Gasteiger partial charge in [0.2, 0.25) is 0 Å². The van der Waals surface area contributed by atoms with E-state index in [0.29, 0.717) is 0 Å². The molecule has 1 aromatic heterocycles. The molecule has 2 nitrogen and oxygen atoms in total. The summed E-state index contributed by atoms with van der Waals surface area (Å²) in [4.78, 5) is 0.832. The first-order chi connectivity index (χ1) is 7.74. The summed E-state index contributed by atoms with van der Waals surface area (Å²) in [5, 5.41) is 12.0. The Bertz CT molecular complexity index is 479. The zero-order chi connectivity index (χ0) is 11.5. The molecule has 0 fully saturated rings. The van der Waals surface area contributed by atoms with Crippen LogP contribution >= 0.6 is 23.1 Å². The fourth-order valence-corrected chi connectivity index (χ4v) is 3.69. The fraction of sp³-hybridized carbons (Fsp3) is 0.250. The molecular weight excluding hydrogens is 238 g/mol. The maximum atomic E-state index is 12.0. The molecule has 0 aliphatic rings. The number of rotatable bonds is 3. The molecule has 0 aliphatic carbocycles. The van der Waals surface area contributed by atoms with Gasteiger partial charge in [-0.2, -0.15) is 4.57 Å². The van der Waals surface area contributed by atoms with E-state index >= 15 is 0 Å². The summed E-state index contributed by atoms with van der Waals surface area (Å²) >= 11 is 3.29. The molecule has 0 saturated heterocycles. The molecule has 1 heterocycles. The predicted molar refractivity (Wildman–Crippen MR) is 66.8 cm³/mol. The Balaban J connectivity index is 2.46. The van der Waals surface area contributed by atoms with Gasteiger partial charge < -0.3 is 5.11 Å². The number of nitrogens with zero attached hydrogens (tertiary/aromatic N) is 1. The van der Waals surface area contributed by atoms with Crippen molar-refractivity contribution in [3.8, 4) is 16.3 Å². The van der Waals surface area contributed by atoms with Gasteiger partial charge in [-0.05, 0) is 17.3 Å². The van der Waals surface area contributed by atoms with Crippen LogP contribution in [0.15, 0.2) is 34.7 Å². The first kappa shape index (κ1) is 11.5. The third-order valence-corrected chi connectivity index (χ3v) is 4.74. The van der Waals surface area contributed by atoms with Crippen molar-refractivity contribution in [2.75, 3.05) is 5.75 Å². The van der Waals surface area contributed by atoms with Crippen molar-refractivity contribution in [3.05, 3.63) is 30.3 Å². The van der Waals surface area contributed by atoms with Crippen molar-refractivity contribution in [1.29, 1.82) is 0 Å². The second-order valence-electron chi connectivity index (χ2n) is 3.36.